The number of benzene rings is 1. The molecule has 1 rings (SSSR count). The third kappa shape index (κ3) is 7.42. The van der Waals surface area contributed by atoms with E-state index in [2.05, 4.69) is 10.1 Å². The average Bonchev–Trinajstić information content (AvgIpc) is 2.43. The lowest BCUT2D eigenvalue weighted by Gasteiger charge is -2.13. The van der Waals surface area contributed by atoms with Crippen molar-refractivity contribution in [1.29, 1.82) is 0 Å². The van der Waals surface area contributed by atoms with Crippen molar-refractivity contribution in [3.05, 3.63) is 23.8 Å². The lowest BCUT2D eigenvalue weighted by atomic mass is 10.2. The molecule has 8 heteroatoms. The molecule has 0 bridgehead atoms. The number of hydrogen-bond acceptors (Lipinski definition) is 4. The van der Waals surface area contributed by atoms with Crippen LogP contribution in [0.15, 0.2) is 18.2 Å². The van der Waals surface area contributed by atoms with Gasteiger partial charge < -0.3 is 20.5 Å². The molecule has 0 fully saturated rings. The first-order valence-electron chi connectivity index (χ1n) is 6.74. The number of nitrogens with one attached hydrogen (secondary N) is 1. The Bertz CT molecular complexity index is 462. The van der Waals surface area contributed by atoms with E-state index in [1.54, 1.807) is 12.1 Å². The summed E-state index contributed by atoms with van der Waals surface area (Å²) < 4.78 is 34.7. The summed E-state index contributed by atoms with van der Waals surface area (Å²) in [4.78, 5) is 11.4. The van der Waals surface area contributed by atoms with Crippen LogP contribution in [0.4, 0.5) is 8.78 Å². The first-order chi connectivity index (χ1) is 10.1. The smallest absolute Gasteiger partial charge is 0.387 e. The molecule has 0 radical (unpaired) electrons. The normalized spacial score (nSPS) is 10.0. The number of alkyl halides is 2. The zero-order chi connectivity index (χ0) is 15.7. The standard InChI is InChI=1S/C14H20F2N2O3.ClH/c1-2-7-20-11-4-3-10(9-18-13(19)5-6-17)12(8-11)21-14(15)16;/h3-4,8,14H,2,5-7,9,17H2,1H3,(H,18,19);1H. The van der Waals surface area contributed by atoms with Gasteiger partial charge in [0.1, 0.15) is 11.5 Å². The SMILES string of the molecule is CCCOc1ccc(CNC(=O)CCN)c(OC(F)F)c1.Cl. The van der Waals surface area contributed by atoms with Gasteiger partial charge in [-0.05, 0) is 18.6 Å². The Morgan fingerprint density at radius 2 is 2.14 bits per heavy atom. The van der Waals surface area contributed by atoms with Crippen LogP contribution in [0.5, 0.6) is 11.5 Å². The molecule has 0 unspecified atom stereocenters. The molecule has 0 aliphatic heterocycles. The summed E-state index contributed by atoms with van der Waals surface area (Å²) in [5, 5.41) is 2.59. The summed E-state index contributed by atoms with van der Waals surface area (Å²) in [5.41, 5.74) is 5.71. The monoisotopic (exact) mass is 338 g/mol. The van der Waals surface area contributed by atoms with Gasteiger partial charge in [-0.1, -0.05) is 6.92 Å². The maximum absolute atomic E-state index is 12.4. The van der Waals surface area contributed by atoms with E-state index in [9.17, 15) is 13.6 Å². The molecule has 0 aromatic heterocycles. The van der Waals surface area contributed by atoms with E-state index >= 15 is 0 Å². The molecule has 0 saturated heterocycles. The Morgan fingerprint density at radius 1 is 1.41 bits per heavy atom. The fraction of sp³-hybridized carbons (Fsp3) is 0.500. The van der Waals surface area contributed by atoms with Gasteiger partial charge in [0, 0.05) is 31.1 Å². The van der Waals surface area contributed by atoms with Crippen molar-refractivity contribution in [1.82, 2.24) is 5.32 Å². The summed E-state index contributed by atoms with van der Waals surface area (Å²) in [6, 6.07) is 4.64. The van der Waals surface area contributed by atoms with Crippen molar-refractivity contribution >= 4 is 18.3 Å². The van der Waals surface area contributed by atoms with Crippen molar-refractivity contribution < 1.29 is 23.0 Å². The molecule has 0 aliphatic rings. The van der Waals surface area contributed by atoms with Gasteiger partial charge in [-0.2, -0.15) is 8.78 Å². The molecule has 0 heterocycles. The molecular weight excluding hydrogens is 318 g/mol. The van der Waals surface area contributed by atoms with Crippen LogP contribution < -0.4 is 20.5 Å². The average molecular weight is 339 g/mol. The number of amides is 1. The quantitative estimate of drug-likeness (QED) is 0.725. The second kappa shape index (κ2) is 11.0. The molecule has 5 nitrogen and oxygen atoms in total. The minimum Gasteiger partial charge on any atom is -0.493 e. The molecule has 0 saturated carbocycles. The van der Waals surface area contributed by atoms with E-state index in [4.69, 9.17) is 10.5 Å². The van der Waals surface area contributed by atoms with Crippen LogP contribution in [0.25, 0.3) is 0 Å². The van der Waals surface area contributed by atoms with Gasteiger partial charge >= 0.3 is 6.61 Å². The summed E-state index contributed by atoms with van der Waals surface area (Å²) >= 11 is 0. The zero-order valence-electron chi connectivity index (χ0n) is 12.3. The Morgan fingerprint density at radius 3 is 2.73 bits per heavy atom. The van der Waals surface area contributed by atoms with Crippen LogP contribution >= 0.6 is 12.4 Å². The topological polar surface area (TPSA) is 73.6 Å². The Labute approximate surface area is 134 Å². The molecule has 22 heavy (non-hydrogen) atoms. The van der Waals surface area contributed by atoms with Crippen LogP contribution in [-0.4, -0.2) is 25.7 Å². The van der Waals surface area contributed by atoms with E-state index in [-0.39, 0.29) is 43.6 Å². The Kier molecular flexibility index (Phi) is 10.2. The van der Waals surface area contributed by atoms with Crippen LogP contribution in [0.1, 0.15) is 25.3 Å². The van der Waals surface area contributed by atoms with Crippen LogP contribution in [0.3, 0.4) is 0 Å². The highest BCUT2D eigenvalue weighted by atomic mass is 35.5. The van der Waals surface area contributed by atoms with Gasteiger partial charge in [0.2, 0.25) is 5.91 Å². The van der Waals surface area contributed by atoms with E-state index in [0.29, 0.717) is 17.9 Å². The molecule has 0 aliphatic carbocycles. The van der Waals surface area contributed by atoms with Gasteiger partial charge in [-0.3, -0.25) is 4.79 Å². The number of rotatable bonds is 9. The minimum absolute atomic E-state index is 0. The largest absolute Gasteiger partial charge is 0.493 e. The highest BCUT2D eigenvalue weighted by Gasteiger charge is 2.12. The summed E-state index contributed by atoms with van der Waals surface area (Å²) in [7, 11) is 0. The number of hydrogen-bond donors (Lipinski definition) is 2. The minimum atomic E-state index is -2.94. The fourth-order valence-corrected chi connectivity index (χ4v) is 1.61. The maximum Gasteiger partial charge on any atom is 0.387 e. The van der Waals surface area contributed by atoms with Gasteiger partial charge in [0.15, 0.2) is 0 Å². The number of ether oxygens (including phenoxy) is 2. The number of nitrogens with two attached hydrogens (primary N) is 1. The van der Waals surface area contributed by atoms with E-state index < -0.39 is 6.61 Å². The molecule has 1 aromatic carbocycles. The zero-order valence-corrected chi connectivity index (χ0v) is 13.1. The van der Waals surface area contributed by atoms with Gasteiger partial charge in [0.05, 0.1) is 6.61 Å². The fourth-order valence-electron chi connectivity index (χ4n) is 1.61. The number of carbonyl (C=O) groups is 1. The van der Waals surface area contributed by atoms with E-state index in [0.717, 1.165) is 6.42 Å². The first kappa shape index (κ1) is 20.4. The van der Waals surface area contributed by atoms with Crippen molar-refractivity contribution in [3.63, 3.8) is 0 Å². The van der Waals surface area contributed by atoms with Gasteiger partial charge in [0.25, 0.3) is 0 Å². The third-order valence-electron chi connectivity index (χ3n) is 2.57. The highest BCUT2D eigenvalue weighted by Crippen LogP contribution is 2.26. The molecule has 126 valence electrons. The van der Waals surface area contributed by atoms with Crippen LogP contribution in [0, 0.1) is 0 Å². The van der Waals surface area contributed by atoms with Crippen molar-refractivity contribution in [2.45, 2.75) is 32.9 Å². The van der Waals surface area contributed by atoms with Crippen molar-refractivity contribution in [3.8, 4) is 11.5 Å². The van der Waals surface area contributed by atoms with Crippen LogP contribution in [0.2, 0.25) is 0 Å². The van der Waals surface area contributed by atoms with Crippen LogP contribution in [-0.2, 0) is 11.3 Å². The molecule has 1 aromatic rings. The van der Waals surface area contributed by atoms with Crippen molar-refractivity contribution in [2.24, 2.45) is 5.73 Å². The molecule has 3 N–H and O–H groups in total. The first-order valence-corrected chi connectivity index (χ1v) is 6.74. The highest BCUT2D eigenvalue weighted by molar-refractivity contribution is 5.85. The molecular formula is C14H21ClF2N2O3. The summed E-state index contributed by atoms with van der Waals surface area (Å²) in [6.45, 7) is -0.186. The van der Waals surface area contributed by atoms with E-state index in [1.807, 2.05) is 6.92 Å². The lowest BCUT2D eigenvalue weighted by molar-refractivity contribution is -0.121. The second-order valence-corrected chi connectivity index (χ2v) is 4.31. The molecule has 1 amide bonds. The van der Waals surface area contributed by atoms with Gasteiger partial charge in [-0.15, -0.1) is 12.4 Å². The van der Waals surface area contributed by atoms with E-state index in [1.165, 1.54) is 6.07 Å². The molecule has 0 atom stereocenters. The van der Waals surface area contributed by atoms with Gasteiger partial charge in [-0.25, -0.2) is 0 Å². The number of halogens is 3. The Hall–Kier alpha value is -1.60. The molecule has 0 spiro atoms. The summed E-state index contributed by atoms with van der Waals surface area (Å²) in [6.07, 6.45) is 0.991. The summed E-state index contributed by atoms with van der Waals surface area (Å²) in [5.74, 6) is 0.197. The second-order valence-electron chi connectivity index (χ2n) is 4.31. The maximum atomic E-state index is 12.4. The van der Waals surface area contributed by atoms with Crippen molar-refractivity contribution in [2.75, 3.05) is 13.2 Å². The Balaban J connectivity index is 0.00000441. The lowest BCUT2D eigenvalue weighted by Crippen LogP contribution is -2.25. The predicted molar refractivity (Wildman–Crippen MR) is 81.6 cm³/mol. The third-order valence-corrected chi connectivity index (χ3v) is 2.57. The number of carbonyl (C=O) groups excluding carboxylic acids is 1. The predicted octanol–water partition coefficient (Wildman–Crippen LogP) is 2.46.